The van der Waals surface area contributed by atoms with Crippen molar-refractivity contribution in [1.29, 1.82) is 0 Å². The molecule has 0 aromatic heterocycles. The van der Waals surface area contributed by atoms with E-state index in [0.717, 1.165) is 23.0 Å². The zero-order valence-corrected chi connectivity index (χ0v) is 16.8. The molecule has 7 heteroatoms. The Labute approximate surface area is 174 Å². The number of hydrogen-bond donors (Lipinski definition) is 0. The van der Waals surface area contributed by atoms with Crippen molar-refractivity contribution in [1.82, 2.24) is 0 Å². The summed E-state index contributed by atoms with van der Waals surface area (Å²) in [5.74, 6) is -0.788. The van der Waals surface area contributed by atoms with E-state index in [9.17, 15) is 19.7 Å². The van der Waals surface area contributed by atoms with Crippen LogP contribution < -0.4 is 4.90 Å². The van der Waals surface area contributed by atoms with Gasteiger partial charge in [0.25, 0.3) is 5.70 Å². The molecule has 1 aromatic rings. The Morgan fingerprint density at radius 1 is 1.27 bits per heavy atom. The van der Waals surface area contributed by atoms with E-state index in [4.69, 9.17) is 4.74 Å². The van der Waals surface area contributed by atoms with Gasteiger partial charge in [0, 0.05) is 40.6 Å². The van der Waals surface area contributed by atoms with Crippen LogP contribution in [0, 0.1) is 10.1 Å². The summed E-state index contributed by atoms with van der Waals surface area (Å²) in [4.78, 5) is 36.1. The van der Waals surface area contributed by atoms with Gasteiger partial charge in [-0.2, -0.15) is 0 Å². The minimum absolute atomic E-state index is 0.138. The van der Waals surface area contributed by atoms with E-state index in [1.54, 1.807) is 12.2 Å². The average molecular weight is 406 g/mol. The van der Waals surface area contributed by atoms with Crippen LogP contribution in [0.25, 0.3) is 0 Å². The van der Waals surface area contributed by atoms with Crippen molar-refractivity contribution < 1.29 is 19.2 Å². The van der Waals surface area contributed by atoms with Gasteiger partial charge in [0.1, 0.15) is 6.61 Å². The van der Waals surface area contributed by atoms with Crippen molar-refractivity contribution in [3.8, 4) is 0 Å². The minimum atomic E-state index is -0.528. The lowest BCUT2D eigenvalue weighted by Crippen LogP contribution is -2.29. The fourth-order valence-electron chi connectivity index (χ4n) is 3.63. The lowest BCUT2D eigenvalue weighted by Gasteiger charge is -2.27. The summed E-state index contributed by atoms with van der Waals surface area (Å²) in [5.41, 5.74) is 2.70. The van der Waals surface area contributed by atoms with Crippen molar-refractivity contribution in [2.45, 2.75) is 19.3 Å². The Hall–Kier alpha value is -3.74. The van der Waals surface area contributed by atoms with Crippen LogP contribution in [0.3, 0.4) is 0 Å². The molecular weight excluding hydrogens is 384 g/mol. The first kappa shape index (κ1) is 21.0. The lowest BCUT2D eigenvalue weighted by molar-refractivity contribution is -0.419. The number of anilines is 1. The van der Waals surface area contributed by atoms with Crippen molar-refractivity contribution in [3.05, 3.63) is 99.9 Å². The highest BCUT2D eigenvalue weighted by Crippen LogP contribution is 2.47. The van der Waals surface area contributed by atoms with Gasteiger partial charge in [0.15, 0.2) is 5.78 Å². The largest absolute Gasteiger partial charge is 0.461 e. The van der Waals surface area contributed by atoms with Gasteiger partial charge in [-0.15, -0.1) is 0 Å². The van der Waals surface area contributed by atoms with Crippen LogP contribution in [-0.2, 0) is 19.7 Å². The summed E-state index contributed by atoms with van der Waals surface area (Å²) in [7, 11) is 0. The van der Waals surface area contributed by atoms with Crippen molar-refractivity contribution in [2.24, 2.45) is 0 Å². The number of esters is 1. The van der Waals surface area contributed by atoms with Gasteiger partial charge in [0.2, 0.25) is 0 Å². The second-order valence-electron chi connectivity index (χ2n) is 7.36. The van der Waals surface area contributed by atoms with E-state index >= 15 is 0 Å². The molecule has 0 amide bonds. The van der Waals surface area contributed by atoms with Gasteiger partial charge in [0.05, 0.1) is 11.5 Å². The summed E-state index contributed by atoms with van der Waals surface area (Å²) < 4.78 is 5.15. The molecule has 1 aliphatic carbocycles. The molecule has 0 unspecified atom stereocenters. The molecule has 0 atom stereocenters. The molecule has 2 aliphatic rings. The predicted octanol–water partition coefficient (Wildman–Crippen LogP) is 3.62. The maximum Gasteiger partial charge on any atom is 0.330 e. The number of ether oxygens (including phenoxy) is 1. The zero-order chi connectivity index (χ0) is 21.9. The third-order valence-corrected chi connectivity index (χ3v) is 5.15. The van der Waals surface area contributed by atoms with Gasteiger partial charge in [-0.1, -0.05) is 38.6 Å². The van der Waals surface area contributed by atoms with Crippen LogP contribution in [0.5, 0.6) is 0 Å². The van der Waals surface area contributed by atoms with Gasteiger partial charge in [-0.05, 0) is 29.9 Å². The quantitative estimate of drug-likeness (QED) is 0.310. The molecule has 3 rings (SSSR count). The number of allylic oxidation sites excluding steroid dienone is 7. The smallest absolute Gasteiger partial charge is 0.330 e. The number of para-hydroxylation sites is 1. The Bertz CT molecular complexity index is 1040. The number of nitro groups is 1. The minimum Gasteiger partial charge on any atom is -0.461 e. The van der Waals surface area contributed by atoms with Gasteiger partial charge < -0.3 is 9.64 Å². The highest BCUT2D eigenvalue weighted by atomic mass is 16.6. The summed E-state index contributed by atoms with van der Waals surface area (Å²) in [5, 5.41) is 11.0. The second-order valence-corrected chi connectivity index (χ2v) is 7.36. The van der Waals surface area contributed by atoms with Crippen LogP contribution in [0.4, 0.5) is 5.69 Å². The molecule has 1 aliphatic heterocycles. The summed E-state index contributed by atoms with van der Waals surface area (Å²) in [6.07, 6.45) is 8.18. The molecule has 1 heterocycles. The number of carbonyl (C=O) groups is 2. The SMILES string of the molecule is C=CC(=O)OCCN1/C(=C/C=C2/C=C([N+](=O)[O-])C=CC2=O)C(C)(C)c2ccccc21. The molecule has 7 nitrogen and oxygen atoms in total. The lowest BCUT2D eigenvalue weighted by atomic mass is 9.83. The number of nitrogens with zero attached hydrogens (tertiary/aromatic N) is 2. The number of hydrogen-bond acceptors (Lipinski definition) is 6. The topological polar surface area (TPSA) is 89.8 Å². The molecule has 0 radical (unpaired) electrons. The third kappa shape index (κ3) is 4.00. The molecule has 30 heavy (non-hydrogen) atoms. The number of carbonyl (C=O) groups excluding carboxylic acids is 2. The maximum atomic E-state index is 12.2. The van der Waals surface area contributed by atoms with Gasteiger partial charge in [-0.3, -0.25) is 14.9 Å². The fourth-order valence-corrected chi connectivity index (χ4v) is 3.63. The van der Waals surface area contributed by atoms with Gasteiger partial charge in [-0.25, -0.2) is 4.79 Å². The number of benzene rings is 1. The third-order valence-electron chi connectivity index (χ3n) is 5.15. The van der Waals surface area contributed by atoms with E-state index in [2.05, 4.69) is 20.4 Å². The Morgan fingerprint density at radius 2 is 2.00 bits per heavy atom. The van der Waals surface area contributed by atoms with Crippen molar-refractivity contribution in [3.63, 3.8) is 0 Å². The van der Waals surface area contributed by atoms with E-state index in [-0.39, 0.29) is 29.1 Å². The number of rotatable bonds is 6. The zero-order valence-electron chi connectivity index (χ0n) is 16.8. The molecule has 0 spiro atoms. The predicted molar refractivity (Wildman–Crippen MR) is 113 cm³/mol. The molecule has 1 aromatic carbocycles. The fraction of sp³-hybridized carbons (Fsp3) is 0.217. The Morgan fingerprint density at radius 3 is 2.70 bits per heavy atom. The van der Waals surface area contributed by atoms with E-state index in [1.807, 2.05) is 29.2 Å². The molecule has 154 valence electrons. The molecule has 0 bridgehead atoms. The summed E-state index contributed by atoms with van der Waals surface area (Å²) in [6, 6.07) is 7.91. The molecule has 0 N–H and O–H groups in total. The number of fused-ring (bicyclic) bond motifs is 1. The molecule has 0 fully saturated rings. The normalized spacial score (nSPS) is 19.6. The van der Waals surface area contributed by atoms with Crippen molar-refractivity contribution >= 4 is 17.4 Å². The van der Waals surface area contributed by atoms with Crippen LogP contribution >= 0.6 is 0 Å². The highest BCUT2D eigenvalue weighted by Gasteiger charge is 2.39. The first-order valence-corrected chi connectivity index (χ1v) is 9.43. The second kappa shape index (κ2) is 8.32. The monoisotopic (exact) mass is 406 g/mol. The Kier molecular flexibility index (Phi) is 5.82. The highest BCUT2D eigenvalue weighted by molar-refractivity contribution is 6.07. The summed E-state index contributed by atoms with van der Waals surface area (Å²) >= 11 is 0. The summed E-state index contributed by atoms with van der Waals surface area (Å²) in [6.45, 7) is 8.10. The van der Waals surface area contributed by atoms with Gasteiger partial charge >= 0.3 is 5.97 Å². The number of ketones is 1. The molecular formula is C23H22N2O5. The van der Waals surface area contributed by atoms with E-state index in [1.165, 1.54) is 18.2 Å². The van der Waals surface area contributed by atoms with Crippen LogP contribution in [0.2, 0.25) is 0 Å². The van der Waals surface area contributed by atoms with E-state index < -0.39 is 10.9 Å². The molecule has 0 saturated heterocycles. The first-order valence-electron chi connectivity index (χ1n) is 9.43. The van der Waals surface area contributed by atoms with Crippen molar-refractivity contribution in [2.75, 3.05) is 18.1 Å². The molecule has 0 saturated carbocycles. The van der Waals surface area contributed by atoms with E-state index in [0.29, 0.717) is 6.54 Å². The van der Waals surface area contributed by atoms with Crippen LogP contribution in [0.1, 0.15) is 19.4 Å². The maximum absolute atomic E-state index is 12.2. The standard InChI is InChI=1S/C23H22N2O5/c1-4-22(27)30-14-13-24-19-8-6-5-7-18(19)23(2,3)21(24)12-9-16-15-17(25(28)29)10-11-20(16)26/h4-12,15H,1,13-14H2,2-3H3/b16-9-,21-12+. The average Bonchev–Trinajstić information content (AvgIpc) is 2.94. The van der Waals surface area contributed by atoms with Crippen LogP contribution in [-0.4, -0.2) is 29.8 Å². The Balaban J connectivity index is 1.98. The van der Waals surface area contributed by atoms with Crippen LogP contribution in [0.15, 0.2) is 84.3 Å². The first-order chi connectivity index (χ1) is 14.3.